The van der Waals surface area contributed by atoms with Crippen molar-refractivity contribution in [1.29, 1.82) is 0 Å². The van der Waals surface area contributed by atoms with E-state index in [1.807, 2.05) is 32.4 Å². The van der Waals surface area contributed by atoms with Gasteiger partial charge >= 0.3 is 24.1 Å². The average Bonchev–Trinajstić information content (AvgIpc) is 1.79. The molecule has 0 radical (unpaired) electrons. The summed E-state index contributed by atoms with van der Waals surface area (Å²) in [5.74, 6) is -3.47. The third-order valence-electron chi connectivity index (χ3n) is 17.8. The van der Waals surface area contributed by atoms with Crippen molar-refractivity contribution in [3.8, 4) is 17.6 Å². The monoisotopic (exact) mass is 1380 g/mol. The lowest BCUT2D eigenvalue weighted by Crippen LogP contribution is -2.42. The van der Waals surface area contributed by atoms with E-state index in [1.165, 1.54) is 60.8 Å². The second kappa shape index (κ2) is 27.4. The minimum Gasteiger partial charge on any atom is -0.477 e. The smallest absolute Gasteiger partial charge is 0.471 e. The Labute approximate surface area is 546 Å². The van der Waals surface area contributed by atoms with E-state index in [2.05, 4.69) is 47.5 Å². The molecule has 512 valence electrons. The Kier molecular flexibility index (Phi) is 19.7. The van der Waals surface area contributed by atoms with Gasteiger partial charge in [0.25, 0.3) is 30.1 Å². The number of ether oxygens (including phenoxy) is 3. The first kappa shape index (κ1) is 68.1. The van der Waals surface area contributed by atoms with Crippen LogP contribution >= 0.6 is 0 Å². The quantitative estimate of drug-likeness (QED) is 0.0540. The highest BCUT2D eigenvalue weighted by Gasteiger charge is 2.40. The Morgan fingerprint density at radius 3 is 1.42 bits per heavy atom. The van der Waals surface area contributed by atoms with Crippen molar-refractivity contribution in [2.45, 2.75) is 170 Å². The summed E-state index contributed by atoms with van der Waals surface area (Å²) in [6.07, 6.45) is 10.4. The third kappa shape index (κ3) is 14.8. The van der Waals surface area contributed by atoms with Crippen LogP contribution in [0.5, 0.6) is 17.6 Å². The Morgan fingerprint density at radius 2 is 0.989 bits per heavy atom. The highest BCUT2D eigenvalue weighted by atomic mass is 32.2. The Bertz CT molecular complexity index is 4270. The van der Waals surface area contributed by atoms with Crippen LogP contribution < -0.4 is 50.1 Å². The number of hydrogen-bond acceptors (Lipinski definition) is 17. The summed E-state index contributed by atoms with van der Waals surface area (Å²) < 4.78 is 155. The first-order valence-corrected chi connectivity index (χ1v) is 36.0. The summed E-state index contributed by atoms with van der Waals surface area (Å²) in [5.41, 5.74) is 18.5. The number of rotatable bonds is 15. The fourth-order valence-corrected chi connectivity index (χ4v) is 16.4. The number of anilines is 2. The van der Waals surface area contributed by atoms with Crippen LogP contribution in [0.3, 0.4) is 0 Å². The van der Waals surface area contributed by atoms with Crippen molar-refractivity contribution >= 4 is 65.3 Å². The lowest BCUT2D eigenvalue weighted by atomic mass is 9.87. The van der Waals surface area contributed by atoms with Gasteiger partial charge in [0.2, 0.25) is 23.5 Å². The van der Waals surface area contributed by atoms with Crippen LogP contribution in [-0.2, 0) is 117 Å². The third-order valence-corrected chi connectivity index (χ3v) is 21.8. The van der Waals surface area contributed by atoms with E-state index in [4.69, 9.17) is 19.9 Å². The molecule has 6 amide bonds. The number of aryl methyl sites for hydroxylation is 5. The molecule has 95 heavy (non-hydrogen) atoms. The van der Waals surface area contributed by atoms with Crippen molar-refractivity contribution in [3.05, 3.63) is 110 Å². The van der Waals surface area contributed by atoms with Gasteiger partial charge in [-0.1, -0.05) is 39.8 Å². The van der Waals surface area contributed by atoms with E-state index in [1.54, 1.807) is 5.32 Å². The number of alkyl halides is 3. The second-order valence-corrected chi connectivity index (χ2v) is 30.1. The zero-order valence-electron chi connectivity index (χ0n) is 52.7. The zero-order valence-corrected chi connectivity index (χ0v) is 55.2. The Balaban J connectivity index is 0.000000146. The number of benzene rings is 3. The minimum atomic E-state index is -5.00. The minimum absolute atomic E-state index is 0.0151. The number of sulfonamides is 3. The first-order chi connectivity index (χ1) is 45.1. The molecule has 6 aromatic rings. The van der Waals surface area contributed by atoms with E-state index in [0.29, 0.717) is 55.2 Å². The maximum absolute atomic E-state index is 14.1. The molecule has 26 nitrogen and oxygen atoms in total. The van der Waals surface area contributed by atoms with Crippen LogP contribution in [0.15, 0.2) is 57.5 Å². The number of fused-ring (bicyclic) bond motifs is 7. The van der Waals surface area contributed by atoms with E-state index in [9.17, 15) is 62.0 Å². The Hall–Kier alpha value is -8.30. The van der Waals surface area contributed by atoms with Crippen LogP contribution in [0.1, 0.15) is 133 Å². The fraction of sp³-hybridized carbons (Fsp3) is 0.500. The number of carbonyl (C=O) groups is 4. The second-order valence-electron chi connectivity index (χ2n) is 25.2. The predicted molar refractivity (Wildman–Crippen MR) is 336 cm³/mol. The van der Waals surface area contributed by atoms with Crippen molar-refractivity contribution < 1.29 is 76.2 Å². The molecule has 2 atom stereocenters. The summed E-state index contributed by atoms with van der Waals surface area (Å²) in [6.45, 7) is 9.38. The van der Waals surface area contributed by atoms with Crippen molar-refractivity contribution in [3.63, 3.8) is 0 Å². The predicted octanol–water partition coefficient (Wildman–Crippen LogP) is 6.50. The molecule has 2 unspecified atom stereocenters. The van der Waals surface area contributed by atoms with Crippen LogP contribution in [-0.4, -0.2) is 118 Å². The van der Waals surface area contributed by atoms with Gasteiger partial charge in [-0.05, 0) is 162 Å². The lowest BCUT2D eigenvalue weighted by molar-refractivity contribution is -0.173. The number of carbonyl (C=O) groups excluding carboxylic acids is 4. The highest BCUT2D eigenvalue weighted by Crippen LogP contribution is 2.41. The summed E-state index contributed by atoms with van der Waals surface area (Å²) >= 11 is 0. The number of nitrogens with one attached hydrogen (secondary N) is 6. The number of aromatic nitrogens is 6. The van der Waals surface area contributed by atoms with E-state index in [0.717, 1.165) is 118 Å². The molecule has 0 bridgehead atoms. The zero-order chi connectivity index (χ0) is 67.9. The van der Waals surface area contributed by atoms with Crippen molar-refractivity contribution in [2.75, 3.05) is 43.5 Å². The summed E-state index contributed by atoms with van der Waals surface area (Å²) in [7, 11) is -12.6. The maximum atomic E-state index is 14.1. The van der Waals surface area contributed by atoms with Gasteiger partial charge in [0, 0.05) is 49.3 Å². The first-order valence-electron chi connectivity index (χ1n) is 31.6. The molecule has 3 aromatic carbocycles. The molecule has 4 aliphatic carbocycles. The molecule has 0 fully saturated rings. The Morgan fingerprint density at radius 1 is 0.579 bits per heavy atom. The lowest BCUT2D eigenvalue weighted by Gasteiger charge is -2.25. The molecule has 3 aromatic heterocycles. The summed E-state index contributed by atoms with van der Waals surface area (Å²) in [5, 5.41) is 19.4. The topological polar surface area (TPSA) is 350 Å². The van der Waals surface area contributed by atoms with Crippen LogP contribution in [0.25, 0.3) is 0 Å². The van der Waals surface area contributed by atoms with E-state index >= 15 is 0 Å². The highest BCUT2D eigenvalue weighted by molar-refractivity contribution is 7.90. The van der Waals surface area contributed by atoms with Gasteiger partial charge in [-0.3, -0.25) is 9.59 Å². The van der Waals surface area contributed by atoms with E-state index in [-0.39, 0.29) is 82.0 Å². The van der Waals surface area contributed by atoms with Gasteiger partial charge in [-0.25, -0.2) is 67.4 Å². The fourth-order valence-electron chi connectivity index (χ4n) is 13.3. The molecule has 0 spiro atoms. The normalized spacial score (nSPS) is 17.5. The van der Waals surface area contributed by atoms with Crippen LogP contribution in [0.2, 0.25) is 0 Å². The summed E-state index contributed by atoms with van der Waals surface area (Å²) in [4.78, 5) is 48.5. The van der Waals surface area contributed by atoms with Gasteiger partial charge in [0.1, 0.15) is 5.82 Å². The molecule has 3 aliphatic heterocycles. The molecule has 13 rings (SSSR count). The number of nitrogens with two attached hydrogens (primary N) is 1. The number of hydrogen-bond donors (Lipinski definition) is 7. The molecule has 8 N–H and O–H groups in total. The molecular formula is C62H75F4N13O13S3. The molecule has 0 saturated heterocycles. The molecule has 0 saturated carbocycles. The molecule has 6 heterocycles. The average molecular weight is 1380 g/mol. The largest absolute Gasteiger partial charge is 0.477 e. The molecule has 7 aliphatic rings. The number of urea groups is 2. The standard InChI is InChI=1S/C22H24F3N5O5S.C20H26FN3O4S.C20H25N5O4S/c23-22(24,25)20(31)26-8-12-10-30-19(35-11-12)17(9-27-30)36(33,34)29-21(32)28-18-15-5-1-3-13(15)7-14-4-2-6-16(14)18;1-12(2)15-8-14(21)9-16(13(3)4)17(15)10-19(25)23-29(26,27)18-11-22-24-6-5-7-28-20(18)24;21-8-12-10-25-19(29-11-12)17(9-22-25)30(27,28)24-20(26)23-18-15-5-1-3-13(15)7-14-4-2-6-16(14)18/h7,9,12H,1-6,8,10-11H2,(H,26,31)(H2,28,29,32);8-9,11-13H,5-7,10H2,1-4H3,(H,23,25);7,9,12H,1-6,8,10-11,21H2,(H2,23,24,26). The van der Waals surface area contributed by atoms with Crippen LogP contribution in [0, 0.1) is 17.7 Å². The van der Waals surface area contributed by atoms with E-state index < -0.39 is 66.0 Å². The number of amides is 6. The molecule has 33 heteroatoms. The molecular weight excluding hydrogens is 1310 g/mol. The van der Waals surface area contributed by atoms with Gasteiger partial charge in [-0.2, -0.15) is 28.5 Å². The van der Waals surface area contributed by atoms with Crippen LogP contribution in [0.4, 0.5) is 38.5 Å². The SMILES string of the molecule is CC(C)c1cc(F)cc(C(C)C)c1CC(=O)NS(=O)(=O)c1cnn2c1OCCC2.NCC1COc2c(S(=O)(=O)NC(=O)Nc3c4c(cc5c3CCC5)CCC4)cnn2C1.O=C(Nc1c2c(cc3c1CCC3)CCC2)NS(=O)(=O)c1cnn2c1OCC(CNC(=O)C(F)(F)F)C2. The van der Waals surface area contributed by atoms with Crippen molar-refractivity contribution in [2.24, 2.45) is 17.6 Å². The van der Waals surface area contributed by atoms with Gasteiger partial charge in [0.15, 0.2) is 14.7 Å². The van der Waals surface area contributed by atoms with Gasteiger partial charge in [-0.15, -0.1) is 0 Å². The number of halogens is 4. The number of nitrogens with zero attached hydrogens (tertiary/aromatic N) is 6. The summed E-state index contributed by atoms with van der Waals surface area (Å²) in [6, 6.07) is 5.62. The maximum Gasteiger partial charge on any atom is 0.471 e. The van der Waals surface area contributed by atoms with Crippen molar-refractivity contribution in [1.82, 2.24) is 48.8 Å². The van der Waals surface area contributed by atoms with Gasteiger partial charge < -0.3 is 35.9 Å². The van der Waals surface area contributed by atoms with Gasteiger partial charge in [0.05, 0.1) is 57.9 Å².